The van der Waals surface area contributed by atoms with Gasteiger partial charge in [-0.3, -0.25) is 9.71 Å². The summed E-state index contributed by atoms with van der Waals surface area (Å²) in [7, 11) is 1.68. The second-order valence-corrected chi connectivity index (χ2v) is 7.00. The summed E-state index contributed by atoms with van der Waals surface area (Å²) in [6.45, 7) is 14.7. The maximum Gasteiger partial charge on any atom is 0.198 e. The Balaban J connectivity index is 0.00000127. The molecule has 1 heterocycles. The molecule has 0 spiro atoms. The Bertz CT molecular complexity index is 595. The molecule has 0 aromatic heterocycles. The number of hydrogen-bond donors (Lipinski definition) is 2. The highest BCUT2D eigenvalue weighted by Gasteiger charge is 2.30. The summed E-state index contributed by atoms with van der Waals surface area (Å²) in [5, 5.41) is 0. The van der Waals surface area contributed by atoms with Crippen molar-refractivity contribution in [2.24, 2.45) is 10.7 Å². The minimum absolute atomic E-state index is 0.0805. The van der Waals surface area contributed by atoms with Crippen LogP contribution in [0.3, 0.4) is 0 Å². The van der Waals surface area contributed by atoms with Gasteiger partial charge in [0.05, 0.1) is 0 Å². The van der Waals surface area contributed by atoms with Crippen LogP contribution in [0, 0.1) is 20.8 Å². The van der Waals surface area contributed by atoms with Crippen molar-refractivity contribution >= 4 is 17.9 Å². The number of benzene rings is 1. The number of fused-ring (bicyclic) bond motifs is 1. The minimum atomic E-state index is -0.0805. The van der Waals surface area contributed by atoms with Crippen molar-refractivity contribution in [2.45, 2.75) is 71.8 Å². The van der Waals surface area contributed by atoms with Crippen LogP contribution in [0.2, 0.25) is 0 Å². The number of guanidine groups is 1. The molecule has 0 atom stereocenters. The van der Waals surface area contributed by atoms with E-state index in [1.54, 1.807) is 7.05 Å². The largest absolute Gasteiger partial charge is 0.487 e. The van der Waals surface area contributed by atoms with E-state index >= 15 is 0 Å². The summed E-state index contributed by atoms with van der Waals surface area (Å²) >= 11 is 1.53. The van der Waals surface area contributed by atoms with E-state index in [-0.39, 0.29) is 5.60 Å². The average molecular weight is 338 g/mol. The smallest absolute Gasteiger partial charge is 0.198 e. The van der Waals surface area contributed by atoms with E-state index in [4.69, 9.17) is 10.5 Å². The second-order valence-electron chi connectivity index (χ2n) is 6.19. The number of nitrogens with two attached hydrogens (primary N) is 1. The molecule has 0 unspecified atom stereocenters. The van der Waals surface area contributed by atoms with Gasteiger partial charge in [-0.05, 0) is 81.7 Å². The van der Waals surface area contributed by atoms with Crippen LogP contribution in [0.1, 0.15) is 56.4 Å². The lowest BCUT2D eigenvalue weighted by molar-refractivity contribution is 0.0832. The Labute approximate surface area is 145 Å². The van der Waals surface area contributed by atoms with Gasteiger partial charge in [-0.15, -0.1) is 0 Å². The van der Waals surface area contributed by atoms with Crippen molar-refractivity contribution in [3.05, 3.63) is 22.3 Å². The third-order valence-corrected chi connectivity index (χ3v) is 5.29. The van der Waals surface area contributed by atoms with Gasteiger partial charge in [0.1, 0.15) is 11.4 Å². The zero-order chi connectivity index (χ0) is 17.8. The summed E-state index contributed by atoms with van der Waals surface area (Å²) in [6.07, 6.45) is 2.10. The first-order valence-electron chi connectivity index (χ1n) is 8.23. The predicted octanol–water partition coefficient (Wildman–Crippen LogP) is 4.28. The van der Waals surface area contributed by atoms with Crippen LogP contribution >= 0.6 is 11.9 Å². The third-order valence-electron chi connectivity index (χ3n) is 4.17. The molecule has 0 bridgehead atoms. The van der Waals surface area contributed by atoms with Gasteiger partial charge in [0, 0.05) is 11.9 Å². The van der Waals surface area contributed by atoms with Gasteiger partial charge < -0.3 is 10.5 Å². The van der Waals surface area contributed by atoms with Crippen LogP contribution in [-0.4, -0.2) is 18.6 Å². The summed E-state index contributed by atoms with van der Waals surface area (Å²) in [5.41, 5.74) is 10.7. The molecule has 1 aliphatic heterocycles. The molecule has 4 nitrogen and oxygen atoms in total. The Hall–Kier alpha value is -1.36. The van der Waals surface area contributed by atoms with Crippen molar-refractivity contribution in [3.63, 3.8) is 0 Å². The van der Waals surface area contributed by atoms with E-state index in [0.29, 0.717) is 5.96 Å². The van der Waals surface area contributed by atoms with Gasteiger partial charge in [-0.2, -0.15) is 0 Å². The monoisotopic (exact) mass is 337 g/mol. The number of nitrogens with zero attached hydrogens (tertiary/aromatic N) is 1. The Morgan fingerprint density at radius 1 is 1.17 bits per heavy atom. The maximum absolute atomic E-state index is 6.24. The third kappa shape index (κ3) is 4.34. The predicted molar refractivity (Wildman–Crippen MR) is 102 cm³/mol. The molecule has 0 saturated heterocycles. The van der Waals surface area contributed by atoms with Gasteiger partial charge >= 0.3 is 0 Å². The SMILES string of the molecule is CC.CN=C(N)NSc1c(C)c(C)c2c(c1C)CCC(C)(C)O2. The maximum atomic E-state index is 6.24. The molecule has 0 saturated carbocycles. The lowest BCUT2D eigenvalue weighted by Crippen LogP contribution is -2.33. The first kappa shape index (κ1) is 19.7. The first-order valence-corrected chi connectivity index (χ1v) is 9.05. The van der Waals surface area contributed by atoms with Crippen LogP contribution in [0.25, 0.3) is 0 Å². The highest BCUT2D eigenvalue weighted by molar-refractivity contribution is 7.98. The molecular formula is C18H31N3OS. The number of aliphatic imine (C=N–C) groups is 1. The molecular weight excluding hydrogens is 306 g/mol. The molecule has 1 aromatic carbocycles. The fourth-order valence-corrected chi connectivity index (χ4v) is 3.53. The highest BCUT2D eigenvalue weighted by atomic mass is 32.2. The van der Waals surface area contributed by atoms with Crippen molar-refractivity contribution < 1.29 is 4.74 Å². The van der Waals surface area contributed by atoms with E-state index in [1.165, 1.54) is 39.1 Å². The molecule has 2 rings (SSSR count). The van der Waals surface area contributed by atoms with Crippen LogP contribution in [0.4, 0.5) is 0 Å². The van der Waals surface area contributed by atoms with Crippen LogP contribution in [0.5, 0.6) is 5.75 Å². The average Bonchev–Trinajstić information content (AvgIpc) is 2.53. The molecule has 5 heteroatoms. The van der Waals surface area contributed by atoms with Crippen molar-refractivity contribution in [1.29, 1.82) is 0 Å². The number of rotatable bonds is 2. The fourth-order valence-electron chi connectivity index (χ4n) is 2.65. The van der Waals surface area contributed by atoms with Gasteiger partial charge in [-0.25, -0.2) is 0 Å². The Morgan fingerprint density at radius 2 is 1.78 bits per heavy atom. The Morgan fingerprint density at radius 3 is 2.35 bits per heavy atom. The number of nitrogens with one attached hydrogen (secondary N) is 1. The normalized spacial score (nSPS) is 15.9. The topological polar surface area (TPSA) is 59.6 Å². The lowest BCUT2D eigenvalue weighted by Gasteiger charge is -2.35. The van der Waals surface area contributed by atoms with Gasteiger partial charge in [0.2, 0.25) is 0 Å². The van der Waals surface area contributed by atoms with E-state index in [9.17, 15) is 0 Å². The van der Waals surface area contributed by atoms with Gasteiger partial charge in [0.25, 0.3) is 0 Å². The fraction of sp³-hybridized carbons (Fsp3) is 0.611. The Kier molecular flexibility index (Phi) is 6.81. The van der Waals surface area contributed by atoms with E-state index < -0.39 is 0 Å². The van der Waals surface area contributed by atoms with Crippen molar-refractivity contribution in [2.75, 3.05) is 7.05 Å². The van der Waals surface area contributed by atoms with E-state index in [2.05, 4.69) is 44.3 Å². The molecule has 0 radical (unpaired) electrons. The summed E-state index contributed by atoms with van der Waals surface area (Å²) in [6, 6.07) is 0. The second kappa shape index (κ2) is 7.95. The molecule has 0 amide bonds. The molecule has 1 aliphatic rings. The quantitative estimate of drug-likeness (QED) is 0.480. The molecule has 0 fully saturated rings. The zero-order valence-electron chi connectivity index (χ0n) is 15.8. The summed E-state index contributed by atoms with van der Waals surface area (Å²) < 4.78 is 9.32. The number of ether oxygens (including phenoxy) is 1. The summed E-state index contributed by atoms with van der Waals surface area (Å²) in [4.78, 5) is 5.15. The summed E-state index contributed by atoms with van der Waals surface area (Å²) in [5.74, 6) is 1.51. The molecule has 130 valence electrons. The standard InChI is InChI=1S/C16H25N3OS.C2H6/c1-9-10(2)14(21-19-15(17)18-6)11(3)12-7-8-16(4,5)20-13(9)12;1-2/h7-8H2,1-6H3,(H3,17,18,19);1-2H3. The minimum Gasteiger partial charge on any atom is -0.487 e. The van der Waals surface area contributed by atoms with Gasteiger partial charge in [0.15, 0.2) is 5.96 Å². The molecule has 1 aromatic rings. The lowest BCUT2D eigenvalue weighted by atomic mass is 9.88. The first-order chi connectivity index (χ1) is 10.8. The van der Waals surface area contributed by atoms with E-state index in [0.717, 1.165) is 18.6 Å². The van der Waals surface area contributed by atoms with Crippen LogP contribution in [-0.2, 0) is 6.42 Å². The van der Waals surface area contributed by atoms with Crippen LogP contribution in [0.15, 0.2) is 9.89 Å². The zero-order valence-corrected chi connectivity index (χ0v) is 16.6. The van der Waals surface area contributed by atoms with Crippen LogP contribution < -0.4 is 15.2 Å². The van der Waals surface area contributed by atoms with Crippen molar-refractivity contribution in [3.8, 4) is 5.75 Å². The van der Waals surface area contributed by atoms with E-state index in [1.807, 2.05) is 13.8 Å². The van der Waals surface area contributed by atoms with Crippen molar-refractivity contribution in [1.82, 2.24) is 4.72 Å². The molecule has 3 N–H and O–H groups in total. The number of hydrogen-bond acceptors (Lipinski definition) is 3. The molecule has 0 aliphatic carbocycles. The van der Waals surface area contributed by atoms with Gasteiger partial charge in [-0.1, -0.05) is 13.8 Å². The molecule has 23 heavy (non-hydrogen) atoms. The highest BCUT2D eigenvalue weighted by Crippen LogP contribution is 2.42.